The number of ether oxygens (including phenoxy) is 1. The van der Waals surface area contributed by atoms with Crippen LogP contribution < -0.4 is 15.6 Å². The summed E-state index contributed by atoms with van der Waals surface area (Å²) in [5, 5.41) is 1.83. The first kappa shape index (κ1) is 13.0. The second-order valence-electron chi connectivity index (χ2n) is 3.43. The number of nitrogens with two attached hydrogens (primary N) is 1. The van der Waals surface area contributed by atoms with E-state index in [2.05, 4.69) is 9.73 Å². The van der Waals surface area contributed by atoms with Crippen LogP contribution in [0.1, 0.15) is 0 Å². The molecule has 1 aromatic carbocycles. The molecular formula is C10H10F3N3OS. The molecule has 2 N–H and O–H groups in total. The zero-order valence-corrected chi connectivity index (χ0v) is 9.96. The average molecular weight is 277 g/mol. The number of hydrogen-bond acceptors (Lipinski definition) is 5. The van der Waals surface area contributed by atoms with Crippen LogP contribution in [-0.2, 0) is 0 Å². The average Bonchev–Trinajstić information content (AvgIpc) is 2.79. The minimum atomic E-state index is -4.71. The standard InChI is InChI=1S/C10H10F3N3OS/c11-10(12,13)17-8-3-1-2-7(6-8)16(14)9-15-4-5-18-9/h1-3,6H,4-5,14H2. The molecule has 1 heterocycles. The Hall–Kier alpha value is -1.41. The number of halogens is 3. The van der Waals surface area contributed by atoms with E-state index in [-0.39, 0.29) is 5.75 Å². The molecule has 0 spiro atoms. The fraction of sp³-hybridized carbons (Fsp3) is 0.300. The largest absolute Gasteiger partial charge is 0.573 e. The van der Waals surface area contributed by atoms with Crippen molar-refractivity contribution in [1.82, 2.24) is 0 Å². The molecule has 2 rings (SSSR count). The third-order valence-electron chi connectivity index (χ3n) is 2.10. The maximum atomic E-state index is 12.1. The smallest absolute Gasteiger partial charge is 0.406 e. The van der Waals surface area contributed by atoms with Crippen LogP contribution >= 0.6 is 11.8 Å². The number of aliphatic imine (C=N–C) groups is 1. The van der Waals surface area contributed by atoms with Gasteiger partial charge >= 0.3 is 6.36 Å². The van der Waals surface area contributed by atoms with Crippen LogP contribution in [0.25, 0.3) is 0 Å². The lowest BCUT2D eigenvalue weighted by atomic mass is 10.3. The number of hydrogen-bond donors (Lipinski definition) is 1. The quantitative estimate of drug-likeness (QED) is 0.666. The molecular weight excluding hydrogens is 267 g/mol. The van der Waals surface area contributed by atoms with Gasteiger partial charge in [-0.3, -0.25) is 10.0 Å². The Labute approximate surface area is 106 Å². The molecule has 0 atom stereocenters. The highest BCUT2D eigenvalue weighted by atomic mass is 32.2. The van der Waals surface area contributed by atoms with E-state index in [4.69, 9.17) is 5.84 Å². The van der Waals surface area contributed by atoms with Crippen molar-refractivity contribution in [3.05, 3.63) is 24.3 Å². The Bertz CT molecular complexity index is 464. The van der Waals surface area contributed by atoms with Gasteiger partial charge in [-0.05, 0) is 12.1 Å². The third kappa shape index (κ3) is 3.30. The number of nitrogens with zero attached hydrogens (tertiary/aromatic N) is 2. The number of anilines is 1. The number of amidine groups is 1. The number of benzene rings is 1. The first-order chi connectivity index (χ1) is 8.46. The van der Waals surface area contributed by atoms with Crippen LogP contribution in [0.3, 0.4) is 0 Å². The topological polar surface area (TPSA) is 50.8 Å². The fourth-order valence-electron chi connectivity index (χ4n) is 1.41. The van der Waals surface area contributed by atoms with Gasteiger partial charge in [0.25, 0.3) is 0 Å². The molecule has 0 aliphatic carbocycles. The van der Waals surface area contributed by atoms with Gasteiger partial charge in [0.2, 0.25) is 0 Å². The molecule has 0 saturated carbocycles. The van der Waals surface area contributed by atoms with E-state index in [0.717, 1.165) is 5.75 Å². The molecule has 1 aromatic rings. The van der Waals surface area contributed by atoms with Gasteiger partial charge in [0, 0.05) is 11.8 Å². The second-order valence-corrected chi connectivity index (χ2v) is 4.49. The van der Waals surface area contributed by atoms with Crippen molar-refractivity contribution in [2.24, 2.45) is 10.8 Å². The molecule has 98 valence electrons. The van der Waals surface area contributed by atoms with Gasteiger partial charge in [0.15, 0.2) is 5.17 Å². The lowest BCUT2D eigenvalue weighted by Crippen LogP contribution is -2.34. The lowest BCUT2D eigenvalue weighted by molar-refractivity contribution is -0.274. The van der Waals surface area contributed by atoms with Gasteiger partial charge < -0.3 is 4.74 Å². The highest BCUT2D eigenvalue weighted by Crippen LogP contribution is 2.27. The molecule has 0 radical (unpaired) electrons. The van der Waals surface area contributed by atoms with E-state index in [0.29, 0.717) is 17.4 Å². The predicted octanol–water partition coefficient (Wildman–Crippen LogP) is 2.37. The molecule has 0 amide bonds. The highest BCUT2D eigenvalue weighted by molar-refractivity contribution is 8.14. The van der Waals surface area contributed by atoms with E-state index >= 15 is 0 Å². The zero-order chi connectivity index (χ0) is 13.2. The maximum Gasteiger partial charge on any atom is 0.573 e. The molecule has 1 aliphatic heterocycles. The SMILES string of the molecule is NN(C1=NCCS1)c1cccc(OC(F)(F)F)c1. The minimum Gasteiger partial charge on any atom is -0.406 e. The number of hydrazine groups is 1. The molecule has 4 nitrogen and oxygen atoms in total. The summed E-state index contributed by atoms with van der Waals surface area (Å²) in [7, 11) is 0. The van der Waals surface area contributed by atoms with Gasteiger partial charge in [-0.2, -0.15) is 0 Å². The molecule has 0 fully saturated rings. The summed E-state index contributed by atoms with van der Waals surface area (Å²) in [6, 6.07) is 5.46. The predicted molar refractivity (Wildman–Crippen MR) is 64.6 cm³/mol. The minimum absolute atomic E-state index is 0.306. The monoisotopic (exact) mass is 277 g/mol. The summed E-state index contributed by atoms with van der Waals surface area (Å²) < 4.78 is 40.1. The van der Waals surface area contributed by atoms with E-state index in [1.807, 2.05) is 0 Å². The molecule has 8 heteroatoms. The highest BCUT2D eigenvalue weighted by Gasteiger charge is 2.31. The van der Waals surface area contributed by atoms with E-state index < -0.39 is 6.36 Å². The molecule has 18 heavy (non-hydrogen) atoms. The summed E-state index contributed by atoms with van der Waals surface area (Å²) in [6.45, 7) is 0.659. The van der Waals surface area contributed by atoms with Crippen molar-refractivity contribution in [2.75, 3.05) is 17.3 Å². The van der Waals surface area contributed by atoms with Gasteiger partial charge in [0.05, 0.1) is 12.2 Å². The zero-order valence-electron chi connectivity index (χ0n) is 9.15. The van der Waals surface area contributed by atoms with Crippen molar-refractivity contribution >= 4 is 22.6 Å². The summed E-state index contributed by atoms with van der Waals surface area (Å²) in [4.78, 5) is 4.13. The van der Waals surface area contributed by atoms with E-state index in [9.17, 15) is 13.2 Å². The Morgan fingerprint density at radius 1 is 1.39 bits per heavy atom. The summed E-state index contributed by atoms with van der Waals surface area (Å²) >= 11 is 1.45. The summed E-state index contributed by atoms with van der Waals surface area (Å²) in [5.41, 5.74) is 0.393. The molecule has 0 aromatic heterocycles. The van der Waals surface area contributed by atoms with E-state index in [1.165, 1.54) is 35.0 Å². The van der Waals surface area contributed by atoms with Crippen molar-refractivity contribution in [2.45, 2.75) is 6.36 Å². The van der Waals surface area contributed by atoms with Gasteiger partial charge in [-0.25, -0.2) is 5.84 Å². The van der Waals surface area contributed by atoms with E-state index in [1.54, 1.807) is 6.07 Å². The molecule has 1 aliphatic rings. The second kappa shape index (κ2) is 5.07. The molecule has 0 bridgehead atoms. The van der Waals surface area contributed by atoms with Crippen molar-refractivity contribution in [3.63, 3.8) is 0 Å². The van der Waals surface area contributed by atoms with Gasteiger partial charge in [-0.1, -0.05) is 17.8 Å². The molecule has 0 unspecified atom stereocenters. The van der Waals surface area contributed by atoms with Crippen LogP contribution in [0.2, 0.25) is 0 Å². The Morgan fingerprint density at radius 2 is 2.17 bits per heavy atom. The Kier molecular flexibility index (Phi) is 3.67. The maximum absolute atomic E-state index is 12.1. The number of rotatable bonds is 2. The normalized spacial score (nSPS) is 15.4. The van der Waals surface area contributed by atoms with Crippen LogP contribution in [0.5, 0.6) is 5.75 Å². The van der Waals surface area contributed by atoms with Gasteiger partial charge in [0.1, 0.15) is 5.75 Å². The first-order valence-corrected chi connectivity index (χ1v) is 6.02. The Balaban J connectivity index is 2.16. The number of alkyl halides is 3. The lowest BCUT2D eigenvalue weighted by Gasteiger charge is -2.18. The number of thioether (sulfide) groups is 1. The molecule has 0 saturated heterocycles. The van der Waals surface area contributed by atoms with Crippen LogP contribution in [0, 0.1) is 0 Å². The first-order valence-electron chi connectivity index (χ1n) is 5.03. The third-order valence-corrected chi connectivity index (χ3v) is 3.08. The summed E-state index contributed by atoms with van der Waals surface area (Å²) in [5.74, 6) is 6.29. The Morgan fingerprint density at radius 3 is 2.78 bits per heavy atom. The van der Waals surface area contributed by atoms with Crippen molar-refractivity contribution in [3.8, 4) is 5.75 Å². The summed E-state index contributed by atoms with van der Waals surface area (Å²) in [6.07, 6.45) is -4.71. The van der Waals surface area contributed by atoms with Gasteiger partial charge in [-0.15, -0.1) is 13.2 Å². The fourth-order valence-corrected chi connectivity index (χ4v) is 2.20. The van der Waals surface area contributed by atoms with Crippen LogP contribution in [0.4, 0.5) is 18.9 Å². The van der Waals surface area contributed by atoms with Crippen LogP contribution in [0.15, 0.2) is 29.3 Å². The van der Waals surface area contributed by atoms with Crippen molar-refractivity contribution < 1.29 is 17.9 Å². The van der Waals surface area contributed by atoms with Crippen molar-refractivity contribution in [1.29, 1.82) is 0 Å². The van der Waals surface area contributed by atoms with Crippen LogP contribution in [-0.4, -0.2) is 23.8 Å².